The van der Waals surface area contributed by atoms with Crippen LogP contribution in [-0.4, -0.2) is 72.9 Å². The Morgan fingerprint density at radius 3 is 2.81 bits per heavy atom. The lowest BCUT2D eigenvalue weighted by Gasteiger charge is -2.39. The minimum absolute atomic E-state index is 0.0515. The third-order valence-electron chi connectivity index (χ3n) is 5.84. The number of nitrogens with one attached hydrogen (secondary N) is 2. The molecular formula is C17H22N4O5S. The maximum atomic E-state index is 13.3. The van der Waals surface area contributed by atoms with Gasteiger partial charge in [-0.3, -0.25) is 9.59 Å². The summed E-state index contributed by atoms with van der Waals surface area (Å²) in [6.07, 6.45) is -0.935. The number of fused-ring (bicyclic) bond motifs is 4. The predicted molar refractivity (Wildman–Crippen MR) is 97.8 cm³/mol. The summed E-state index contributed by atoms with van der Waals surface area (Å²) in [5.74, 6) is -0.590. The molecule has 1 unspecified atom stereocenters. The second-order valence-electron chi connectivity index (χ2n) is 7.07. The number of carbonyl (C=O) groups is 3. The molecule has 9 nitrogen and oxygen atoms in total. The smallest absolute Gasteiger partial charge is 0.404 e. The summed E-state index contributed by atoms with van der Waals surface area (Å²) in [5.41, 5.74) is 5.51. The molecule has 0 saturated carbocycles. The van der Waals surface area contributed by atoms with Gasteiger partial charge in [0.1, 0.15) is 6.61 Å². The Morgan fingerprint density at radius 2 is 2.19 bits per heavy atom. The normalized spacial score (nSPS) is 33.9. The Labute approximate surface area is 161 Å². The van der Waals surface area contributed by atoms with E-state index in [4.69, 9.17) is 15.2 Å². The van der Waals surface area contributed by atoms with E-state index in [-0.39, 0.29) is 36.0 Å². The highest BCUT2D eigenvalue weighted by atomic mass is 32.1. The minimum atomic E-state index is -0.949. The van der Waals surface area contributed by atoms with Gasteiger partial charge < -0.3 is 30.7 Å². The topological polar surface area (TPSA) is 133 Å². The van der Waals surface area contributed by atoms with Crippen LogP contribution in [0.3, 0.4) is 0 Å². The van der Waals surface area contributed by atoms with Gasteiger partial charge in [0.05, 0.1) is 23.4 Å². The number of nitrogens with two attached hydrogens (primary N) is 1. The second kappa shape index (κ2) is 6.25. The van der Waals surface area contributed by atoms with Gasteiger partial charge >= 0.3 is 6.09 Å². The van der Waals surface area contributed by atoms with Crippen molar-refractivity contribution in [1.29, 1.82) is 0 Å². The fourth-order valence-corrected chi connectivity index (χ4v) is 4.80. The SMILES string of the molecule is COC12[C@@H]3N[C@@H]3CN1C1=C(C(=O)C(NCCS)=C(C)C1=O)[C@@H]2COC(N)=O. The van der Waals surface area contributed by atoms with Crippen LogP contribution in [0.25, 0.3) is 0 Å². The van der Waals surface area contributed by atoms with Gasteiger partial charge in [-0.05, 0) is 6.92 Å². The number of hydrogen-bond acceptors (Lipinski definition) is 9. The fraction of sp³-hybridized carbons (Fsp3) is 0.588. The first kappa shape index (κ1) is 18.3. The Hall–Kier alpha value is -2.04. The zero-order valence-electron chi connectivity index (χ0n) is 15.1. The van der Waals surface area contributed by atoms with E-state index >= 15 is 0 Å². The van der Waals surface area contributed by atoms with Crippen LogP contribution in [0.15, 0.2) is 22.5 Å². The molecule has 4 atom stereocenters. The van der Waals surface area contributed by atoms with Crippen LogP contribution in [0.2, 0.25) is 0 Å². The van der Waals surface area contributed by atoms with Crippen molar-refractivity contribution in [2.24, 2.45) is 11.7 Å². The first-order valence-electron chi connectivity index (χ1n) is 8.78. The molecule has 3 heterocycles. The zero-order chi connectivity index (χ0) is 19.5. The van der Waals surface area contributed by atoms with E-state index in [0.29, 0.717) is 35.7 Å². The summed E-state index contributed by atoms with van der Waals surface area (Å²) < 4.78 is 11.0. The van der Waals surface area contributed by atoms with Crippen molar-refractivity contribution in [3.05, 3.63) is 22.5 Å². The quantitative estimate of drug-likeness (QED) is 0.254. The second-order valence-corrected chi connectivity index (χ2v) is 7.52. The highest BCUT2D eigenvalue weighted by Crippen LogP contribution is 2.55. The molecule has 1 aliphatic carbocycles. The number of amides is 1. The molecule has 27 heavy (non-hydrogen) atoms. The van der Waals surface area contributed by atoms with Gasteiger partial charge in [0.25, 0.3) is 0 Å². The number of thiol groups is 1. The molecule has 4 N–H and O–H groups in total. The number of piperazine rings is 1. The maximum Gasteiger partial charge on any atom is 0.404 e. The van der Waals surface area contributed by atoms with Crippen LogP contribution in [0.4, 0.5) is 4.79 Å². The average Bonchev–Trinajstić information content (AvgIpc) is 3.24. The van der Waals surface area contributed by atoms with Gasteiger partial charge in [-0.1, -0.05) is 0 Å². The van der Waals surface area contributed by atoms with E-state index in [1.54, 1.807) is 14.0 Å². The summed E-state index contributed by atoms with van der Waals surface area (Å²) in [4.78, 5) is 39.6. The number of nitrogens with zero attached hydrogens (tertiary/aromatic N) is 1. The highest BCUT2D eigenvalue weighted by molar-refractivity contribution is 7.80. The molecule has 3 aliphatic heterocycles. The summed E-state index contributed by atoms with van der Waals surface area (Å²) in [5, 5.41) is 6.33. The number of ketones is 2. The molecule has 2 saturated heterocycles. The average molecular weight is 394 g/mol. The first-order chi connectivity index (χ1) is 12.9. The van der Waals surface area contributed by atoms with Crippen molar-refractivity contribution >= 4 is 30.3 Å². The van der Waals surface area contributed by atoms with Gasteiger partial charge in [0.15, 0.2) is 5.72 Å². The molecule has 4 rings (SSSR count). The van der Waals surface area contributed by atoms with Crippen LogP contribution < -0.4 is 16.4 Å². The van der Waals surface area contributed by atoms with E-state index in [1.807, 2.05) is 4.90 Å². The monoisotopic (exact) mass is 394 g/mol. The Kier molecular flexibility index (Phi) is 4.24. The van der Waals surface area contributed by atoms with Gasteiger partial charge in [-0.25, -0.2) is 4.79 Å². The van der Waals surface area contributed by atoms with E-state index < -0.39 is 17.7 Å². The fourth-order valence-electron chi connectivity index (χ4n) is 4.68. The number of allylic oxidation sites excluding steroid dienone is 2. The molecule has 10 heteroatoms. The summed E-state index contributed by atoms with van der Waals surface area (Å²) in [7, 11) is 1.54. The number of primary amides is 1. The molecule has 2 fully saturated rings. The highest BCUT2D eigenvalue weighted by Gasteiger charge is 2.72. The molecule has 146 valence electrons. The minimum Gasteiger partial charge on any atom is -0.449 e. The Bertz CT molecular complexity index is 809. The van der Waals surface area contributed by atoms with Crippen molar-refractivity contribution in [2.45, 2.75) is 24.7 Å². The maximum absolute atomic E-state index is 13.3. The third kappa shape index (κ3) is 2.36. The molecule has 0 radical (unpaired) electrons. The lowest BCUT2D eigenvalue weighted by atomic mass is 9.82. The van der Waals surface area contributed by atoms with Gasteiger partial charge in [0.2, 0.25) is 11.6 Å². The van der Waals surface area contributed by atoms with E-state index in [0.717, 1.165) is 0 Å². The summed E-state index contributed by atoms with van der Waals surface area (Å²) in [6.45, 7) is 2.50. The standard InChI is InChI=1S/C17H22N4O5S/c1-7-11(19-3-4-27)14(23)10-8(6-26-16(18)24)17(25-2)15-9(20-15)5-21(17)12(10)13(7)22/h8-9,15,19-20,27H,3-6H2,1-2H3,(H2,18,24)/t8-,9+,15+,17?/m0/s1. The lowest BCUT2D eigenvalue weighted by molar-refractivity contribution is -0.137. The van der Waals surface area contributed by atoms with Crippen LogP contribution in [0.5, 0.6) is 0 Å². The van der Waals surface area contributed by atoms with Gasteiger partial charge in [0, 0.05) is 43.1 Å². The Morgan fingerprint density at radius 1 is 1.44 bits per heavy atom. The molecule has 1 amide bonds. The lowest BCUT2D eigenvalue weighted by Crippen LogP contribution is -2.55. The van der Waals surface area contributed by atoms with E-state index in [9.17, 15) is 14.4 Å². The summed E-state index contributed by atoms with van der Waals surface area (Å²) >= 11 is 4.15. The molecule has 0 spiro atoms. The van der Waals surface area contributed by atoms with Crippen LogP contribution in [0, 0.1) is 5.92 Å². The van der Waals surface area contributed by atoms with Gasteiger partial charge in [-0.2, -0.15) is 12.6 Å². The number of Topliss-reactive ketones (excluding diaryl/α,β-unsaturated/α-hetero) is 2. The van der Waals surface area contributed by atoms with Crippen molar-refractivity contribution < 1.29 is 23.9 Å². The largest absolute Gasteiger partial charge is 0.449 e. The van der Waals surface area contributed by atoms with Crippen molar-refractivity contribution in [1.82, 2.24) is 15.5 Å². The molecule has 0 bridgehead atoms. The van der Waals surface area contributed by atoms with Crippen molar-refractivity contribution in [3.8, 4) is 0 Å². The van der Waals surface area contributed by atoms with Gasteiger partial charge in [-0.15, -0.1) is 0 Å². The number of rotatable bonds is 6. The number of methoxy groups -OCH3 is 1. The van der Waals surface area contributed by atoms with Crippen LogP contribution in [0.1, 0.15) is 6.92 Å². The number of carbonyl (C=O) groups excluding carboxylic acids is 3. The molecule has 0 aromatic carbocycles. The van der Waals surface area contributed by atoms with Crippen molar-refractivity contribution in [2.75, 3.05) is 32.6 Å². The van der Waals surface area contributed by atoms with E-state index in [2.05, 4.69) is 23.3 Å². The molecule has 0 aromatic heterocycles. The zero-order valence-corrected chi connectivity index (χ0v) is 16.0. The molecular weight excluding hydrogens is 372 g/mol. The Balaban J connectivity index is 1.79. The summed E-state index contributed by atoms with van der Waals surface area (Å²) in [6, 6.07) is 0.121. The predicted octanol–water partition coefficient (Wildman–Crippen LogP) is -1.09. The first-order valence-corrected chi connectivity index (χ1v) is 9.42. The number of ether oxygens (including phenoxy) is 2. The van der Waals surface area contributed by atoms with Crippen molar-refractivity contribution in [3.63, 3.8) is 0 Å². The number of hydrogen-bond donors (Lipinski definition) is 4. The van der Waals surface area contributed by atoms with Crippen LogP contribution >= 0.6 is 12.6 Å². The van der Waals surface area contributed by atoms with Crippen LogP contribution in [-0.2, 0) is 19.1 Å². The molecule has 0 aromatic rings. The van der Waals surface area contributed by atoms with E-state index in [1.165, 1.54) is 0 Å². The third-order valence-corrected chi connectivity index (χ3v) is 6.07. The molecule has 4 aliphatic rings.